The molecule has 0 atom stereocenters. The highest BCUT2D eigenvalue weighted by Crippen LogP contribution is 2.24. The summed E-state index contributed by atoms with van der Waals surface area (Å²) in [6.45, 7) is 2.06. The molecule has 0 amide bonds. The van der Waals surface area contributed by atoms with Gasteiger partial charge in [-0.05, 0) is 13.2 Å². The van der Waals surface area contributed by atoms with Crippen LogP contribution in [0.4, 0.5) is 0 Å². The summed E-state index contributed by atoms with van der Waals surface area (Å²) in [5.41, 5.74) is 1.68. The molecule has 6 nitrogen and oxygen atoms in total. The lowest BCUT2D eigenvalue weighted by molar-refractivity contribution is 0.0527. The highest BCUT2D eigenvalue weighted by Gasteiger charge is 2.20. The number of ether oxygens (including phenoxy) is 1. The molecule has 0 N–H and O–H groups in total. The first-order valence-corrected chi connectivity index (χ1v) is 7.99. The van der Waals surface area contributed by atoms with E-state index >= 15 is 0 Å². The third-order valence-corrected chi connectivity index (χ3v) is 3.76. The van der Waals surface area contributed by atoms with Crippen molar-refractivity contribution in [1.82, 2.24) is 19.6 Å². The van der Waals surface area contributed by atoms with Gasteiger partial charge in [0, 0.05) is 11.8 Å². The fraction of sp³-hybridized carbons (Fsp3) is 0.200. The van der Waals surface area contributed by atoms with Gasteiger partial charge in [-0.1, -0.05) is 42.1 Å². The molecule has 0 aliphatic rings. The molecule has 112 valence electrons. The van der Waals surface area contributed by atoms with Gasteiger partial charge >= 0.3 is 5.97 Å². The van der Waals surface area contributed by atoms with Crippen LogP contribution >= 0.6 is 11.8 Å². The van der Waals surface area contributed by atoms with Crippen LogP contribution in [-0.4, -0.2) is 38.4 Å². The Morgan fingerprint density at radius 2 is 2.05 bits per heavy atom. The number of carbonyl (C=O) groups excluding carboxylic acids is 1. The predicted molar refractivity (Wildman–Crippen MR) is 84.0 cm³/mol. The van der Waals surface area contributed by atoms with Gasteiger partial charge < -0.3 is 4.74 Å². The number of nitrogens with zero attached hydrogens (tertiary/aromatic N) is 4. The molecule has 0 aliphatic carbocycles. The van der Waals surface area contributed by atoms with E-state index in [9.17, 15) is 4.79 Å². The SMILES string of the molecule is CCOC(=O)c1cnc(SC)n2c(-c3ccccc3)nnc12. The van der Waals surface area contributed by atoms with Crippen molar-refractivity contribution < 1.29 is 9.53 Å². The Labute approximate surface area is 131 Å². The summed E-state index contributed by atoms with van der Waals surface area (Å²) < 4.78 is 6.84. The van der Waals surface area contributed by atoms with Crippen LogP contribution in [0.1, 0.15) is 17.3 Å². The van der Waals surface area contributed by atoms with Crippen molar-refractivity contribution in [3.05, 3.63) is 42.1 Å². The largest absolute Gasteiger partial charge is 0.462 e. The summed E-state index contributed by atoms with van der Waals surface area (Å²) in [4.78, 5) is 16.4. The molecule has 0 saturated heterocycles. The number of esters is 1. The zero-order valence-electron chi connectivity index (χ0n) is 12.2. The number of carbonyl (C=O) groups is 1. The van der Waals surface area contributed by atoms with E-state index in [1.807, 2.05) is 36.6 Å². The van der Waals surface area contributed by atoms with Crippen LogP contribution in [0.25, 0.3) is 17.0 Å². The van der Waals surface area contributed by atoms with E-state index in [1.165, 1.54) is 18.0 Å². The summed E-state index contributed by atoms with van der Waals surface area (Å²) in [6, 6.07) is 9.68. The molecule has 7 heteroatoms. The second-order valence-electron chi connectivity index (χ2n) is 4.43. The van der Waals surface area contributed by atoms with Crippen LogP contribution in [0, 0.1) is 0 Å². The molecule has 3 aromatic rings. The van der Waals surface area contributed by atoms with E-state index in [0.717, 1.165) is 5.56 Å². The minimum atomic E-state index is -0.445. The first kappa shape index (κ1) is 14.5. The van der Waals surface area contributed by atoms with Crippen LogP contribution in [0.15, 0.2) is 41.7 Å². The van der Waals surface area contributed by atoms with Crippen LogP contribution < -0.4 is 0 Å². The Morgan fingerprint density at radius 1 is 1.27 bits per heavy atom. The van der Waals surface area contributed by atoms with E-state index < -0.39 is 5.97 Å². The predicted octanol–water partition coefficient (Wildman–Crippen LogP) is 2.69. The fourth-order valence-corrected chi connectivity index (χ4v) is 2.66. The number of fused-ring (bicyclic) bond motifs is 1. The summed E-state index contributed by atoms with van der Waals surface area (Å²) >= 11 is 1.47. The molecule has 3 rings (SSSR count). The molecule has 0 saturated carbocycles. The van der Waals surface area contributed by atoms with Crippen molar-refractivity contribution in [2.75, 3.05) is 12.9 Å². The standard InChI is InChI=1S/C15H14N4O2S/c1-3-21-14(20)11-9-16-15(22-2)19-12(17-18-13(11)19)10-7-5-4-6-8-10/h4-9H,3H2,1-2H3. The lowest BCUT2D eigenvalue weighted by Gasteiger charge is -2.07. The van der Waals surface area contributed by atoms with Gasteiger partial charge in [0.1, 0.15) is 5.56 Å². The van der Waals surface area contributed by atoms with Crippen molar-refractivity contribution in [3.63, 3.8) is 0 Å². The highest BCUT2D eigenvalue weighted by atomic mass is 32.2. The van der Waals surface area contributed by atoms with E-state index in [2.05, 4.69) is 15.2 Å². The molecule has 0 aliphatic heterocycles. The number of hydrogen-bond donors (Lipinski definition) is 0. The number of hydrogen-bond acceptors (Lipinski definition) is 6. The summed E-state index contributed by atoms with van der Waals surface area (Å²) in [7, 11) is 0. The normalized spacial score (nSPS) is 10.8. The van der Waals surface area contributed by atoms with Gasteiger partial charge in [0.15, 0.2) is 16.6 Å². The zero-order chi connectivity index (χ0) is 15.5. The quantitative estimate of drug-likeness (QED) is 0.419. The minimum Gasteiger partial charge on any atom is -0.462 e. The van der Waals surface area contributed by atoms with Crippen LogP contribution in [-0.2, 0) is 4.74 Å². The van der Waals surface area contributed by atoms with Crippen LogP contribution in [0.5, 0.6) is 0 Å². The Morgan fingerprint density at radius 3 is 2.73 bits per heavy atom. The number of rotatable bonds is 4. The van der Waals surface area contributed by atoms with Gasteiger partial charge in [-0.25, -0.2) is 9.78 Å². The van der Waals surface area contributed by atoms with Crippen molar-refractivity contribution in [1.29, 1.82) is 0 Å². The molecule has 0 unspecified atom stereocenters. The van der Waals surface area contributed by atoms with Crippen molar-refractivity contribution in [2.45, 2.75) is 12.1 Å². The fourth-order valence-electron chi connectivity index (χ4n) is 2.15. The second-order valence-corrected chi connectivity index (χ2v) is 5.20. The van der Waals surface area contributed by atoms with Crippen molar-refractivity contribution >= 4 is 23.4 Å². The molecule has 0 bridgehead atoms. The maximum atomic E-state index is 12.1. The van der Waals surface area contributed by atoms with Gasteiger partial charge in [-0.15, -0.1) is 10.2 Å². The topological polar surface area (TPSA) is 69.4 Å². The second kappa shape index (κ2) is 6.15. The van der Waals surface area contributed by atoms with Crippen molar-refractivity contribution in [2.24, 2.45) is 0 Å². The molecule has 0 fully saturated rings. The monoisotopic (exact) mass is 314 g/mol. The Kier molecular flexibility index (Phi) is 4.06. The van der Waals surface area contributed by atoms with E-state index in [1.54, 1.807) is 11.3 Å². The maximum Gasteiger partial charge on any atom is 0.343 e. The maximum absolute atomic E-state index is 12.1. The summed E-state index contributed by atoms with van der Waals surface area (Å²) in [6.07, 6.45) is 3.41. The first-order chi connectivity index (χ1) is 10.8. The Hall–Kier alpha value is -2.41. The van der Waals surface area contributed by atoms with Crippen molar-refractivity contribution in [3.8, 4) is 11.4 Å². The molecule has 0 radical (unpaired) electrons. The average Bonchev–Trinajstić information content (AvgIpc) is 3.00. The van der Waals surface area contributed by atoms with Crippen LogP contribution in [0.3, 0.4) is 0 Å². The minimum absolute atomic E-state index is 0.301. The first-order valence-electron chi connectivity index (χ1n) is 6.77. The smallest absolute Gasteiger partial charge is 0.343 e. The van der Waals surface area contributed by atoms with E-state index in [-0.39, 0.29) is 0 Å². The molecule has 2 aromatic heterocycles. The number of benzene rings is 1. The third kappa shape index (κ3) is 2.43. The Balaban J connectivity index is 2.24. The lowest BCUT2D eigenvalue weighted by Crippen LogP contribution is -2.09. The average molecular weight is 314 g/mol. The lowest BCUT2D eigenvalue weighted by atomic mass is 10.2. The van der Waals surface area contributed by atoms with Gasteiger partial charge in [0.25, 0.3) is 0 Å². The molecular formula is C15H14N4O2S. The molecule has 2 heterocycles. The van der Waals surface area contributed by atoms with Gasteiger partial charge in [-0.2, -0.15) is 0 Å². The van der Waals surface area contributed by atoms with Gasteiger partial charge in [-0.3, -0.25) is 4.40 Å². The zero-order valence-corrected chi connectivity index (χ0v) is 13.0. The summed E-state index contributed by atoms with van der Waals surface area (Å²) in [5.74, 6) is 0.207. The molecule has 1 aromatic carbocycles. The molecular weight excluding hydrogens is 300 g/mol. The van der Waals surface area contributed by atoms with E-state index in [4.69, 9.17) is 4.74 Å². The molecule has 0 spiro atoms. The van der Waals surface area contributed by atoms with Gasteiger partial charge in [0.2, 0.25) is 0 Å². The third-order valence-electron chi connectivity index (χ3n) is 3.11. The highest BCUT2D eigenvalue weighted by molar-refractivity contribution is 7.98. The number of thioether (sulfide) groups is 1. The summed E-state index contributed by atoms with van der Waals surface area (Å²) in [5, 5.41) is 9.11. The Bertz CT molecular complexity index is 817. The van der Waals surface area contributed by atoms with Gasteiger partial charge in [0.05, 0.1) is 6.61 Å². The van der Waals surface area contributed by atoms with E-state index in [0.29, 0.717) is 28.8 Å². The number of aromatic nitrogens is 4. The molecule has 22 heavy (non-hydrogen) atoms. The van der Waals surface area contributed by atoms with Crippen LogP contribution in [0.2, 0.25) is 0 Å².